The Balaban J connectivity index is 2.85. The number of nitrogens with one attached hydrogen (secondary N) is 3. The van der Waals surface area contributed by atoms with Gasteiger partial charge in [0.05, 0.1) is 12.4 Å². The molecule has 12 heteroatoms. The summed E-state index contributed by atoms with van der Waals surface area (Å²) in [6, 6.07) is -2.97. The van der Waals surface area contributed by atoms with Crippen LogP contribution in [0.1, 0.15) is 38.8 Å². The lowest BCUT2D eigenvalue weighted by Crippen LogP contribution is -2.55. The van der Waals surface area contributed by atoms with Gasteiger partial charge in [-0.05, 0) is 18.8 Å². The van der Waals surface area contributed by atoms with E-state index in [1.165, 1.54) is 12.5 Å². The van der Waals surface area contributed by atoms with Crippen LogP contribution >= 0.6 is 0 Å². The number of H-pyrrole nitrogens is 1. The molecule has 2 amide bonds. The third-order valence-corrected chi connectivity index (χ3v) is 4.73. The van der Waals surface area contributed by atoms with Gasteiger partial charge in [0, 0.05) is 24.9 Å². The fourth-order valence-corrected chi connectivity index (χ4v) is 2.64. The molecule has 1 heterocycles. The number of carbonyl (C=O) groups is 3. The molecule has 0 unspecified atom stereocenters. The third kappa shape index (κ3) is 8.47. The molecule has 1 aromatic rings. The smallest absolute Gasteiger partial charge is 0.326 e. The molecule has 4 atom stereocenters. The second kappa shape index (κ2) is 12.4. The van der Waals surface area contributed by atoms with Crippen LogP contribution in [0.2, 0.25) is 0 Å². The molecule has 10 N–H and O–H groups in total. The highest BCUT2D eigenvalue weighted by Crippen LogP contribution is 2.08. The number of hydrogen-bond acceptors (Lipinski definition) is 6. The van der Waals surface area contributed by atoms with Gasteiger partial charge in [-0.25, -0.2) is 9.78 Å². The van der Waals surface area contributed by atoms with Crippen molar-refractivity contribution in [2.45, 2.75) is 57.7 Å². The summed E-state index contributed by atoms with van der Waals surface area (Å²) in [5, 5.41) is 14.5. The number of amides is 2. The number of imidazole rings is 1. The number of nitrogens with zero attached hydrogens (tertiary/aromatic N) is 2. The lowest BCUT2D eigenvalue weighted by molar-refractivity contribution is -0.142. The summed E-state index contributed by atoms with van der Waals surface area (Å²) in [4.78, 5) is 47.3. The first kappa shape index (κ1) is 24.9. The number of carboxylic acid groups (broad SMARTS) is 1. The first-order valence-corrected chi connectivity index (χ1v) is 9.77. The van der Waals surface area contributed by atoms with E-state index in [-0.39, 0.29) is 31.3 Å². The highest BCUT2D eigenvalue weighted by molar-refractivity contribution is 5.91. The van der Waals surface area contributed by atoms with Gasteiger partial charge >= 0.3 is 5.97 Å². The molecule has 0 bridgehead atoms. The zero-order valence-corrected chi connectivity index (χ0v) is 17.3. The van der Waals surface area contributed by atoms with Crippen molar-refractivity contribution in [3.63, 3.8) is 0 Å². The Morgan fingerprint density at radius 3 is 2.43 bits per heavy atom. The van der Waals surface area contributed by atoms with Gasteiger partial charge < -0.3 is 37.9 Å². The summed E-state index contributed by atoms with van der Waals surface area (Å²) in [6.45, 7) is 4.00. The molecule has 1 aromatic heterocycles. The topological polar surface area (TPSA) is 215 Å². The summed E-state index contributed by atoms with van der Waals surface area (Å²) < 4.78 is 0. The molecule has 0 aliphatic heterocycles. The average Bonchev–Trinajstić information content (AvgIpc) is 3.21. The van der Waals surface area contributed by atoms with Gasteiger partial charge in [-0.15, -0.1) is 0 Å². The maximum atomic E-state index is 12.8. The summed E-state index contributed by atoms with van der Waals surface area (Å²) in [7, 11) is 0. The number of aliphatic imine (C=N–C) groups is 1. The molecule has 168 valence electrons. The molecule has 0 fully saturated rings. The largest absolute Gasteiger partial charge is 0.480 e. The molecule has 12 nitrogen and oxygen atoms in total. The van der Waals surface area contributed by atoms with E-state index in [0.717, 1.165) is 0 Å². The molecule has 0 aliphatic carbocycles. The van der Waals surface area contributed by atoms with Crippen molar-refractivity contribution < 1.29 is 19.5 Å². The third-order valence-electron chi connectivity index (χ3n) is 4.73. The molecule has 1 rings (SSSR count). The minimum absolute atomic E-state index is 0.0160. The number of nitrogens with two attached hydrogens (primary N) is 3. The van der Waals surface area contributed by atoms with Crippen molar-refractivity contribution in [1.82, 2.24) is 20.6 Å². The monoisotopic (exact) mass is 424 g/mol. The quantitative estimate of drug-likeness (QED) is 0.111. The molecule has 0 aliphatic rings. The number of aliphatic carboxylic acids is 1. The predicted octanol–water partition coefficient (Wildman–Crippen LogP) is -1.57. The van der Waals surface area contributed by atoms with Crippen molar-refractivity contribution in [2.75, 3.05) is 6.54 Å². The summed E-state index contributed by atoms with van der Waals surface area (Å²) in [5.74, 6) is -2.48. The van der Waals surface area contributed by atoms with E-state index in [2.05, 4.69) is 25.6 Å². The lowest BCUT2D eigenvalue weighted by Gasteiger charge is -2.24. The maximum Gasteiger partial charge on any atom is 0.326 e. The first-order chi connectivity index (χ1) is 14.1. The van der Waals surface area contributed by atoms with E-state index < -0.39 is 35.9 Å². The molecule has 0 radical (unpaired) electrons. The second-order valence-electron chi connectivity index (χ2n) is 7.10. The van der Waals surface area contributed by atoms with Crippen LogP contribution in [0.15, 0.2) is 17.5 Å². The zero-order valence-electron chi connectivity index (χ0n) is 17.3. The van der Waals surface area contributed by atoms with Crippen molar-refractivity contribution in [2.24, 2.45) is 28.1 Å². The Morgan fingerprint density at radius 1 is 1.23 bits per heavy atom. The lowest BCUT2D eigenvalue weighted by atomic mass is 9.98. The Bertz CT molecular complexity index is 718. The number of rotatable bonds is 13. The Labute approximate surface area is 175 Å². The highest BCUT2D eigenvalue weighted by atomic mass is 16.4. The van der Waals surface area contributed by atoms with Crippen LogP contribution in [0.5, 0.6) is 0 Å². The van der Waals surface area contributed by atoms with E-state index in [0.29, 0.717) is 18.5 Å². The van der Waals surface area contributed by atoms with Crippen molar-refractivity contribution in [3.8, 4) is 0 Å². The highest BCUT2D eigenvalue weighted by Gasteiger charge is 2.29. The van der Waals surface area contributed by atoms with Crippen molar-refractivity contribution in [3.05, 3.63) is 18.2 Å². The molecule has 30 heavy (non-hydrogen) atoms. The fraction of sp³-hybridized carbons (Fsp3) is 0.611. The van der Waals surface area contributed by atoms with Crippen LogP contribution in [0, 0.1) is 5.92 Å². The van der Waals surface area contributed by atoms with Crippen LogP contribution in [0.3, 0.4) is 0 Å². The maximum absolute atomic E-state index is 12.8. The average molecular weight is 425 g/mol. The SMILES string of the molecule is CC[C@H](C)[C@H](N)C(=O)N[C@@H](CCCN=C(N)N)C(=O)N[C@@H](Cc1cnc[nH]1)C(=O)O. The van der Waals surface area contributed by atoms with Gasteiger partial charge in [-0.3, -0.25) is 14.6 Å². The van der Waals surface area contributed by atoms with Gasteiger partial charge in [0.15, 0.2) is 5.96 Å². The Morgan fingerprint density at radius 2 is 1.90 bits per heavy atom. The molecule has 0 saturated carbocycles. The van der Waals surface area contributed by atoms with E-state index in [1.54, 1.807) is 0 Å². The van der Waals surface area contributed by atoms with Crippen molar-refractivity contribution in [1.29, 1.82) is 0 Å². The molecule has 0 spiro atoms. The van der Waals surface area contributed by atoms with Crippen LogP contribution in [0.4, 0.5) is 0 Å². The van der Waals surface area contributed by atoms with Gasteiger partial charge in [-0.2, -0.15) is 0 Å². The first-order valence-electron chi connectivity index (χ1n) is 9.77. The van der Waals surface area contributed by atoms with Crippen molar-refractivity contribution >= 4 is 23.7 Å². The Hall–Kier alpha value is -3.15. The summed E-state index contributed by atoms with van der Waals surface area (Å²) in [6.07, 6.45) is 4.20. The number of carboxylic acids is 1. The normalized spacial score (nSPS) is 14.8. The Kier molecular flexibility index (Phi) is 10.3. The number of aromatic amines is 1. The number of aromatic nitrogens is 2. The molecule has 0 saturated heterocycles. The van der Waals surface area contributed by atoms with Gasteiger partial charge in [0.1, 0.15) is 12.1 Å². The van der Waals surface area contributed by atoms with Gasteiger partial charge in [0.2, 0.25) is 11.8 Å². The van der Waals surface area contributed by atoms with E-state index in [1.807, 2.05) is 13.8 Å². The van der Waals surface area contributed by atoms with Crippen LogP contribution < -0.4 is 27.8 Å². The fourth-order valence-electron chi connectivity index (χ4n) is 2.64. The number of hydrogen-bond donors (Lipinski definition) is 7. The minimum atomic E-state index is -1.21. The van der Waals surface area contributed by atoms with Crippen LogP contribution in [-0.4, -0.2) is 63.5 Å². The standard InChI is InChI=1S/C18H32N8O4/c1-3-10(2)14(19)16(28)25-12(5-4-6-23-18(20)21)15(27)26-13(17(29)30)7-11-8-22-9-24-11/h8-10,12-14H,3-7,19H2,1-2H3,(H,22,24)(H,25,28)(H,26,27)(H,29,30)(H4,20,21,23)/t10-,12-,13-,14-/m0/s1. The minimum Gasteiger partial charge on any atom is -0.480 e. The van der Waals surface area contributed by atoms with E-state index in [4.69, 9.17) is 17.2 Å². The zero-order chi connectivity index (χ0) is 22.7. The molecular formula is C18H32N8O4. The molecule has 0 aromatic carbocycles. The van der Waals surface area contributed by atoms with E-state index >= 15 is 0 Å². The second-order valence-corrected chi connectivity index (χ2v) is 7.10. The van der Waals surface area contributed by atoms with Crippen LogP contribution in [-0.2, 0) is 20.8 Å². The van der Waals surface area contributed by atoms with E-state index in [9.17, 15) is 19.5 Å². The molecular weight excluding hydrogens is 392 g/mol. The van der Waals surface area contributed by atoms with Gasteiger partial charge in [0.25, 0.3) is 0 Å². The summed E-state index contributed by atoms with van der Waals surface area (Å²) >= 11 is 0. The predicted molar refractivity (Wildman–Crippen MR) is 111 cm³/mol. The van der Waals surface area contributed by atoms with Gasteiger partial charge in [-0.1, -0.05) is 20.3 Å². The van der Waals surface area contributed by atoms with Crippen LogP contribution in [0.25, 0.3) is 0 Å². The summed E-state index contributed by atoms with van der Waals surface area (Å²) in [5.41, 5.74) is 17.1. The number of carbonyl (C=O) groups excluding carboxylic acids is 2. The number of guanidine groups is 1.